The first-order valence-corrected chi connectivity index (χ1v) is 13.8. The first kappa shape index (κ1) is 25.7. The largest absolute Gasteiger partial charge is 0.416 e. The van der Waals surface area contributed by atoms with Crippen LogP contribution in [0.4, 0.5) is 29.3 Å². The predicted octanol–water partition coefficient (Wildman–Crippen LogP) is 8.57. The van der Waals surface area contributed by atoms with Crippen LogP contribution in [0.3, 0.4) is 0 Å². The quantitative estimate of drug-likeness (QED) is 0.363. The molecule has 0 radical (unpaired) electrons. The molecular weight excluding hydrogens is 493 g/mol. The fourth-order valence-electron chi connectivity index (χ4n) is 5.61. The fraction of sp³-hybridized carbons (Fsp3) is 0.367. The van der Waals surface area contributed by atoms with Gasteiger partial charge in [0.15, 0.2) is 0 Å². The van der Waals surface area contributed by atoms with Gasteiger partial charge in [-0.15, -0.1) is 0 Å². The van der Waals surface area contributed by atoms with Crippen molar-refractivity contribution in [3.63, 3.8) is 0 Å². The standard InChI is InChI=1S/C30H31F3N2OS/c1-3-16-37-29(36)34-23-17-26-24(20-6-4-19(2)5-7-20)12-14-35-15-13-25(27(18-23)28(26)35)21-8-10-22(11-9-21)30(31,32)33/h4-11,17-18,24-25H,3,12-16H2,1-2H3,(H,34,36)/t24-,25-/m0/s1. The van der Waals surface area contributed by atoms with Gasteiger partial charge in [0.25, 0.3) is 5.24 Å². The Hall–Kier alpha value is -2.93. The first-order valence-electron chi connectivity index (χ1n) is 12.8. The van der Waals surface area contributed by atoms with Crippen molar-refractivity contribution < 1.29 is 18.0 Å². The number of alkyl halides is 3. The summed E-state index contributed by atoms with van der Waals surface area (Å²) in [4.78, 5) is 15.0. The Bertz CT molecular complexity index is 1270. The molecule has 1 amide bonds. The van der Waals surface area contributed by atoms with Crippen LogP contribution in [0, 0.1) is 6.92 Å². The maximum atomic E-state index is 13.2. The smallest absolute Gasteiger partial charge is 0.371 e. The Morgan fingerprint density at radius 3 is 2.00 bits per heavy atom. The molecule has 3 aromatic rings. The Morgan fingerprint density at radius 2 is 1.49 bits per heavy atom. The van der Waals surface area contributed by atoms with Gasteiger partial charge in [0, 0.05) is 42.1 Å². The second kappa shape index (κ2) is 10.4. The predicted molar refractivity (Wildman–Crippen MR) is 146 cm³/mol. The number of hydrogen-bond acceptors (Lipinski definition) is 3. The van der Waals surface area contributed by atoms with Crippen LogP contribution in [0.15, 0.2) is 60.7 Å². The maximum absolute atomic E-state index is 13.2. The molecule has 0 bridgehead atoms. The number of nitrogens with one attached hydrogen (secondary N) is 1. The third-order valence-electron chi connectivity index (χ3n) is 7.42. The summed E-state index contributed by atoms with van der Waals surface area (Å²) in [6, 6.07) is 18.3. The monoisotopic (exact) mass is 524 g/mol. The second-order valence-corrected chi connectivity index (χ2v) is 11.0. The van der Waals surface area contributed by atoms with Gasteiger partial charge in [0.1, 0.15) is 0 Å². The number of thioether (sulfide) groups is 1. The van der Waals surface area contributed by atoms with E-state index in [0.717, 1.165) is 54.9 Å². The Labute approximate surface area is 220 Å². The van der Waals surface area contributed by atoms with E-state index in [1.54, 1.807) is 12.1 Å². The van der Waals surface area contributed by atoms with Crippen LogP contribution in [0.5, 0.6) is 0 Å². The zero-order chi connectivity index (χ0) is 26.2. The lowest BCUT2D eigenvalue weighted by Crippen LogP contribution is -2.37. The minimum absolute atomic E-state index is 0.0378. The molecule has 0 saturated carbocycles. The number of carbonyl (C=O) groups is 1. The van der Waals surface area contributed by atoms with Gasteiger partial charge in [0.2, 0.25) is 0 Å². The van der Waals surface area contributed by atoms with Gasteiger partial charge >= 0.3 is 6.18 Å². The van der Waals surface area contributed by atoms with Crippen LogP contribution in [0.25, 0.3) is 0 Å². The van der Waals surface area contributed by atoms with Crippen LogP contribution in [-0.4, -0.2) is 24.1 Å². The number of halogens is 3. The van der Waals surface area contributed by atoms with Crippen LogP contribution in [0.1, 0.15) is 71.4 Å². The summed E-state index contributed by atoms with van der Waals surface area (Å²) in [5, 5.41) is 2.99. The van der Waals surface area contributed by atoms with Gasteiger partial charge in [-0.25, -0.2) is 0 Å². The Kier molecular flexibility index (Phi) is 7.26. The highest BCUT2D eigenvalue weighted by atomic mass is 32.2. The van der Waals surface area contributed by atoms with Crippen molar-refractivity contribution in [3.8, 4) is 0 Å². The molecule has 37 heavy (non-hydrogen) atoms. The van der Waals surface area contributed by atoms with E-state index in [-0.39, 0.29) is 17.1 Å². The number of amides is 1. The first-order chi connectivity index (χ1) is 17.7. The number of rotatable bonds is 5. The number of anilines is 2. The van der Waals surface area contributed by atoms with E-state index in [9.17, 15) is 18.0 Å². The van der Waals surface area contributed by atoms with Gasteiger partial charge in [-0.3, -0.25) is 4.79 Å². The normalized spacial score (nSPS) is 18.9. The molecule has 0 unspecified atom stereocenters. The van der Waals surface area contributed by atoms with Crippen LogP contribution >= 0.6 is 11.8 Å². The van der Waals surface area contributed by atoms with E-state index in [1.165, 1.54) is 46.3 Å². The molecule has 7 heteroatoms. The summed E-state index contributed by atoms with van der Waals surface area (Å²) in [5.74, 6) is 0.902. The highest BCUT2D eigenvalue weighted by Gasteiger charge is 2.36. The highest BCUT2D eigenvalue weighted by Crippen LogP contribution is 2.50. The van der Waals surface area contributed by atoms with E-state index >= 15 is 0 Å². The number of aryl methyl sites for hydroxylation is 1. The molecule has 1 N–H and O–H groups in total. The maximum Gasteiger partial charge on any atom is 0.416 e. The molecular formula is C30H31F3N2OS. The van der Waals surface area contributed by atoms with Crippen LogP contribution in [-0.2, 0) is 6.18 Å². The minimum Gasteiger partial charge on any atom is -0.371 e. The highest BCUT2D eigenvalue weighted by molar-refractivity contribution is 8.13. The molecule has 3 nitrogen and oxygen atoms in total. The molecule has 194 valence electrons. The summed E-state index contributed by atoms with van der Waals surface area (Å²) >= 11 is 1.27. The molecule has 2 aliphatic heterocycles. The van der Waals surface area contributed by atoms with Crippen molar-refractivity contribution in [1.82, 2.24) is 0 Å². The van der Waals surface area contributed by atoms with E-state index < -0.39 is 11.7 Å². The number of hydrogen-bond donors (Lipinski definition) is 1. The zero-order valence-corrected chi connectivity index (χ0v) is 21.9. The van der Waals surface area contributed by atoms with Gasteiger partial charge in [-0.05, 0) is 72.7 Å². The molecule has 2 heterocycles. The molecule has 0 aromatic heterocycles. The van der Waals surface area contributed by atoms with Gasteiger partial charge in [-0.2, -0.15) is 13.2 Å². The molecule has 0 fully saturated rings. The summed E-state index contributed by atoms with van der Waals surface area (Å²) in [6.45, 7) is 5.90. The van der Waals surface area contributed by atoms with E-state index in [4.69, 9.17) is 0 Å². The lowest BCUT2D eigenvalue weighted by atomic mass is 9.76. The summed E-state index contributed by atoms with van der Waals surface area (Å²) in [5.41, 5.74) is 6.87. The Morgan fingerprint density at radius 1 is 0.946 bits per heavy atom. The average Bonchev–Trinajstić information content (AvgIpc) is 2.88. The topological polar surface area (TPSA) is 32.3 Å². The Balaban J connectivity index is 1.60. The molecule has 3 aromatic carbocycles. The molecule has 2 aliphatic rings. The van der Waals surface area contributed by atoms with Gasteiger partial charge in [-0.1, -0.05) is 60.6 Å². The number of benzene rings is 3. The second-order valence-electron chi connectivity index (χ2n) is 9.96. The lowest BCUT2D eigenvalue weighted by Gasteiger charge is -2.43. The third kappa shape index (κ3) is 5.37. The molecule has 0 spiro atoms. The SMILES string of the molecule is CCCSC(=O)Nc1cc2c3c(c1)[C@H](c1ccc(C(F)(F)F)cc1)CCN3CC[C@H]2c1ccc(C)cc1. The summed E-state index contributed by atoms with van der Waals surface area (Å²) in [7, 11) is 0. The fourth-order valence-corrected chi connectivity index (χ4v) is 6.19. The lowest BCUT2D eigenvalue weighted by molar-refractivity contribution is -0.137. The summed E-state index contributed by atoms with van der Waals surface area (Å²) < 4.78 is 39.6. The van der Waals surface area contributed by atoms with E-state index in [0.29, 0.717) is 0 Å². The van der Waals surface area contributed by atoms with E-state index in [1.807, 2.05) is 13.0 Å². The molecule has 2 atom stereocenters. The minimum atomic E-state index is -4.36. The van der Waals surface area contributed by atoms with Crippen molar-refractivity contribution >= 4 is 28.4 Å². The molecule has 0 aliphatic carbocycles. The van der Waals surface area contributed by atoms with Crippen LogP contribution < -0.4 is 10.2 Å². The summed E-state index contributed by atoms with van der Waals surface area (Å²) in [6.07, 6.45) is -1.66. The third-order valence-corrected chi connectivity index (χ3v) is 8.39. The molecule has 5 rings (SSSR count). The van der Waals surface area contributed by atoms with E-state index in [2.05, 4.69) is 47.5 Å². The van der Waals surface area contributed by atoms with Crippen molar-refractivity contribution in [2.75, 3.05) is 29.1 Å². The van der Waals surface area contributed by atoms with Crippen molar-refractivity contribution in [1.29, 1.82) is 0 Å². The van der Waals surface area contributed by atoms with Crippen molar-refractivity contribution in [3.05, 3.63) is 94.0 Å². The zero-order valence-electron chi connectivity index (χ0n) is 21.1. The van der Waals surface area contributed by atoms with Crippen LogP contribution in [0.2, 0.25) is 0 Å². The number of nitrogens with zero attached hydrogens (tertiary/aromatic N) is 1. The average molecular weight is 525 g/mol. The molecule has 0 saturated heterocycles. The number of carbonyl (C=O) groups excluding carboxylic acids is 1. The van der Waals surface area contributed by atoms with Crippen molar-refractivity contribution in [2.24, 2.45) is 0 Å². The van der Waals surface area contributed by atoms with Gasteiger partial charge < -0.3 is 10.2 Å². The van der Waals surface area contributed by atoms with Crippen molar-refractivity contribution in [2.45, 2.75) is 51.1 Å². The van der Waals surface area contributed by atoms with Gasteiger partial charge in [0.05, 0.1) is 5.56 Å².